The molecule has 6 heteroatoms. The van der Waals surface area contributed by atoms with Crippen LogP contribution in [0, 0.1) is 0 Å². The quantitative estimate of drug-likeness (QED) is 0.208. The van der Waals surface area contributed by atoms with Gasteiger partial charge in [0, 0.05) is 0 Å². The van der Waals surface area contributed by atoms with E-state index in [0.717, 1.165) is 12.8 Å². The SMILES string of the molecule is CCCCCCCCCC=COS(=O)(=O)CC[O-].[Na+]. The molecule has 0 bridgehead atoms. The normalized spacial score (nSPS) is 11.5. The zero-order valence-corrected chi connectivity index (χ0v) is 15.1. The number of allylic oxidation sites excluding steroid dienone is 1. The van der Waals surface area contributed by atoms with E-state index in [1.54, 1.807) is 6.08 Å². The van der Waals surface area contributed by atoms with Crippen molar-refractivity contribution in [1.82, 2.24) is 0 Å². The van der Waals surface area contributed by atoms with Gasteiger partial charge in [-0.3, -0.25) is 0 Å². The van der Waals surface area contributed by atoms with Gasteiger partial charge in [-0.25, -0.2) is 0 Å². The molecule has 108 valence electrons. The maximum Gasteiger partial charge on any atom is 1.00 e. The summed E-state index contributed by atoms with van der Waals surface area (Å²) in [6.45, 7) is 1.54. The summed E-state index contributed by atoms with van der Waals surface area (Å²) in [6, 6.07) is 0. The fourth-order valence-electron chi connectivity index (χ4n) is 1.56. The Kier molecular flexibility index (Phi) is 17.0. The van der Waals surface area contributed by atoms with Crippen LogP contribution in [0.1, 0.15) is 58.3 Å². The van der Waals surface area contributed by atoms with Crippen molar-refractivity contribution >= 4 is 10.1 Å². The van der Waals surface area contributed by atoms with Crippen LogP contribution >= 0.6 is 0 Å². The summed E-state index contributed by atoms with van der Waals surface area (Å²) in [6.07, 6.45) is 12.3. The fraction of sp³-hybridized carbons (Fsp3) is 0.846. The van der Waals surface area contributed by atoms with Gasteiger partial charge in [0.25, 0.3) is 0 Å². The van der Waals surface area contributed by atoms with E-state index in [0.29, 0.717) is 0 Å². The molecule has 0 heterocycles. The second kappa shape index (κ2) is 14.9. The van der Waals surface area contributed by atoms with E-state index in [1.807, 2.05) is 0 Å². The first-order chi connectivity index (χ1) is 8.62. The largest absolute Gasteiger partial charge is 1.00 e. The maximum absolute atomic E-state index is 11.0. The van der Waals surface area contributed by atoms with Gasteiger partial charge >= 0.3 is 39.7 Å². The first-order valence-electron chi connectivity index (χ1n) is 6.76. The first kappa shape index (κ1) is 21.7. The van der Waals surface area contributed by atoms with Crippen molar-refractivity contribution in [3.63, 3.8) is 0 Å². The molecular weight excluding hydrogens is 275 g/mol. The molecule has 0 rings (SSSR count). The van der Waals surface area contributed by atoms with Crippen molar-refractivity contribution in [3.8, 4) is 0 Å². The molecule has 0 aliphatic carbocycles. The maximum atomic E-state index is 11.0. The van der Waals surface area contributed by atoms with Crippen LogP contribution < -0.4 is 34.7 Å². The minimum absolute atomic E-state index is 0. The molecule has 0 fully saturated rings. The molecule has 0 aliphatic rings. The third-order valence-corrected chi connectivity index (χ3v) is 3.68. The zero-order chi connectivity index (χ0) is 13.7. The smallest absolute Gasteiger partial charge is 0.854 e. The van der Waals surface area contributed by atoms with Gasteiger partial charge in [0.15, 0.2) is 0 Å². The summed E-state index contributed by atoms with van der Waals surface area (Å²) >= 11 is 0. The van der Waals surface area contributed by atoms with Crippen molar-refractivity contribution in [2.75, 3.05) is 12.4 Å². The fourth-order valence-corrected chi connectivity index (χ4v) is 2.11. The van der Waals surface area contributed by atoms with Gasteiger partial charge < -0.3 is 9.29 Å². The molecule has 0 N–H and O–H groups in total. The molecule has 0 spiro atoms. The predicted molar refractivity (Wildman–Crippen MR) is 71.5 cm³/mol. The van der Waals surface area contributed by atoms with Crippen LogP contribution in [-0.4, -0.2) is 20.8 Å². The number of hydrogen-bond acceptors (Lipinski definition) is 4. The zero-order valence-electron chi connectivity index (χ0n) is 12.3. The Balaban J connectivity index is 0. The van der Waals surface area contributed by atoms with Gasteiger partial charge in [-0.1, -0.05) is 45.4 Å². The van der Waals surface area contributed by atoms with Crippen LogP contribution in [0.2, 0.25) is 0 Å². The van der Waals surface area contributed by atoms with Gasteiger partial charge in [-0.2, -0.15) is 8.42 Å². The summed E-state index contributed by atoms with van der Waals surface area (Å²) < 4.78 is 26.5. The third-order valence-electron chi connectivity index (χ3n) is 2.61. The predicted octanol–water partition coefficient (Wildman–Crippen LogP) is -0.648. The van der Waals surface area contributed by atoms with Crippen molar-refractivity contribution in [2.24, 2.45) is 0 Å². The van der Waals surface area contributed by atoms with Crippen LogP contribution in [0.15, 0.2) is 12.3 Å². The summed E-state index contributed by atoms with van der Waals surface area (Å²) in [5, 5.41) is 10.1. The minimum atomic E-state index is -3.64. The Labute approximate surface area is 140 Å². The molecule has 4 nitrogen and oxygen atoms in total. The Morgan fingerprint density at radius 1 is 1.05 bits per heavy atom. The molecule has 19 heavy (non-hydrogen) atoms. The number of hydrogen-bond donors (Lipinski definition) is 0. The van der Waals surface area contributed by atoms with Crippen molar-refractivity contribution in [3.05, 3.63) is 12.3 Å². The second-order valence-corrected chi connectivity index (χ2v) is 6.06. The summed E-state index contributed by atoms with van der Waals surface area (Å²) in [5.41, 5.74) is 0. The molecule has 0 saturated carbocycles. The standard InChI is InChI=1S/C13H25O4S.Na/c1-2-3-4-5-6-7-8-9-10-12-17-18(15,16)13-11-14;/h10,12H,2-9,11,13H2,1H3;/q-1;+1. The average molecular weight is 300 g/mol. The van der Waals surface area contributed by atoms with E-state index in [4.69, 9.17) is 0 Å². The third kappa shape index (κ3) is 16.4. The van der Waals surface area contributed by atoms with Crippen LogP contribution in [0.4, 0.5) is 0 Å². The number of rotatable bonds is 12. The molecule has 0 amide bonds. The molecule has 0 aromatic carbocycles. The van der Waals surface area contributed by atoms with Crippen LogP contribution in [0.5, 0.6) is 0 Å². The molecule has 0 unspecified atom stereocenters. The molecule has 0 aromatic heterocycles. The van der Waals surface area contributed by atoms with Crippen molar-refractivity contribution in [1.29, 1.82) is 0 Å². The van der Waals surface area contributed by atoms with Gasteiger partial charge in [-0.05, 0) is 18.9 Å². The summed E-state index contributed by atoms with van der Waals surface area (Å²) in [4.78, 5) is 0. The molecule has 0 atom stereocenters. The summed E-state index contributed by atoms with van der Waals surface area (Å²) in [7, 11) is -3.64. The molecule has 0 saturated heterocycles. The van der Waals surface area contributed by atoms with E-state index in [2.05, 4.69) is 11.1 Å². The van der Waals surface area contributed by atoms with Gasteiger partial charge in [0.05, 0.1) is 5.75 Å². The van der Waals surface area contributed by atoms with E-state index < -0.39 is 22.5 Å². The Morgan fingerprint density at radius 2 is 1.63 bits per heavy atom. The molecular formula is C13H25NaO4S. The Morgan fingerprint density at radius 3 is 2.21 bits per heavy atom. The van der Waals surface area contributed by atoms with Crippen molar-refractivity contribution < 1.29 is 47.3 Å². The molecule has 0 aromatic rings. The first-order valence-corrected chi connectivity index (χ1v) is 8.34. The van der Waals surface area contributed by atoms with E-state index in [-0.39, 0.29) is 29.6 Å². The van der Waals surface area contributed by atoms with Crippen LogP contribution in [0.25, 0.3) is 0 Å². The summed E-state index contributed by atoms with van der Waals surface area (Å²) in [5.74, 6) is -0.464. The molecule has 0 radical (unpaired) electrons. The van der Waals surface area contributed by atoms with E-state index >= 15 is 0 Å². The topological polar surface area (TPSA) is 66.4 Å². The Bertz CT molecular complexity index is 302. The van der Waals surface area contributed by atoms with E-state index in [1.165, 1.54) is 44.8 Å². The van der Waals surface area contributed by atoms with E-state index in [9.17, 15) is 13.5 Å². The Hall–Kier alpha value is 0.450. The van der Waals surface area contributed by atoms with Gasteiger partial charge in [0.1, 0.15) is 6.26 Å². The van der Waals surface area contributed by atoms with Gasteiger partial charge in [0.2, 0.25) is 0 Å². The molecule has 0 aliphatic heterocycles. The van der Waals surface area contributed by atoms with Crippen LogP contribution in [0.3, 0.4) is 0 Å². The minimum Gasteiger partial charge on any atom is -0.854 e. The second-order valence-electron chi connectivity index (χ2n) is 4.34. The monoisotopic (exact) mass is 300 g/mol. The van der Waals surface area contributed by atoms with Crippen molar-refractivity contribution in [2.45, 2.75) is 58.3 Å². The number of unbranched alkanes of at least 4 members (excludes halogenated alkanes) is 7. The average Bonchev–Trinajstić information content (AvgIpc) is 2.31. The van der Waals surface area contributed by atoms with Crippen LogP contribution in [-0.2, 0) is 14.3 Å². The van der Waals surface area contributed by atoms with Gasteiger partial charge in [-0.15, -0.1) is 6.61 Å².